The van der Waals surface area contributed by atoms with Gasteiger partial charge in [-0.2, -0.15) is 0 Å². The van der Waals surface area contributed by atoms with E-state index in [9.17, 15) is 4.79 Å². The van der Waals surface area contributed by atoms with Crippen LogP contribution < -0.4 is 10.1 Å². The van der Waals surface area contributed by atoms with Crippen molar-refractivity contribution in [1.82, 2.24) is 10.3 Å². The molecule has 1 aromatic heterocycles. The van der Waals surface area contributed by atoms with Gasteiger partial charge in [0.05, 0.1) is 6.61 Å². The number of aromatic nitrogens is 1. The smallest absolute Gasteiger partial charge is 0.267 e. The maximum atomic E-state index is 12.3. The quantitative estimate of drug-likeness (QED) is 0.674. The third-order valence-corrected chi connectivity index (χ3v) is 3.95. The average molecular weight is 322 g/mol. The number of amides is 1. The van der Waals surface area contributed by atoms with Crippen molar-refractivity contribution < 1.29 is 9.53 Å². The minimum absolute atomic E-state index is 0.0806. The van der Waals surface area contributed by atoms with Gasteiger partial charge < -0.3 is 15.0 Å². The summed E-state index contributed by atoms with van der Waals surface area (Å²) in [5.41, 5.74) is 3.97. The van der Waals surface area contributed by atoms with Crippen LogP contribution in [-0.2, 0) is 0 Å². The second-order valence-electron chi connectivity index (χ2n) is 6.00. The zero-order valence-corrected chi connectivity index (χ0v) is 14.1. The molecule has 0 spiro atoms. The van der Waals surface area contributed by atoms with Gasteiger partial charge in [-0.05, 0) is 55.7 Å². The van der Waals surface area contributed by atoms with Crippen LogP contribution in [0.2, 0.25) is 0 Å². The van der Waals surface area contributed by atoms with Gasteiger partial charge in [0.1, 0.15) is 11.4 Å². The first-order valence-electron chi connectivity index (χ1n) is 8.19. The fraction of sp³-hybridized carbons (Fsp3) is 0.250. The van der Waals surface area contributed by atoms with Crippen LogP contribution in [0.5, 0.6) is 5.75 Å². The normalized spacial score (nSPS) is 10.8. The Bertz CT molecular complexity index is 837. The molecule has 3 aromatic rings. The molecule has 4 heteroatoms. The van der Waals surface area contributed by atoms with Crippen LogP contribution in [0.1, 0.15) is 28.0 Å². The van der Waals surface area contributed by atoms with Crippen molar-refractivity contribution in [3.05, 3.63) is 65.4 Å². The van der Waals surface area contributed by atoms with Gasteiger partial charge in [-0.3, -0.25) is 4.79 Å². The van der Waals surface area contributed by atoms with Crippen molar-refractivity contribution in [2.75, 3.05) is 13.2 Å². The predicted molar refractivity (Wildman–Crippen MR) is 96.7 cm³/mol. The Hall–Kier alpha value is -2.75. The molecule has 0 radical (unpaired) electrons. The van der Waals surface area contributed by atoms with E-state index in [1.165, 1.54) is 11.1 Å². The average Bonchev–Trinajstić information content (AvgIpc) is 3.00. The van der Waals surface area contributed by atoms with E-state index in [2.05, 4.69) is 36.3 Å². The number of H-pyrrole nitrogens is 1. The molecule has 1 heterocycles. The number of ether oxygens (including phenoxy) is 1. The number of benzene rings is 2. The summed E-state index contributed by atoms with van der Waals surface area (Å²) < 4.78 is 5.61. The molecule has 0 aliphatic carbocycles. The van der Waals surface area contributed by atoms with Gasteiger partial charge in [0.25, 0.3) is 5.91 Å². The molecule has 1 amide bonds. The molecule has 124 valence electrons. The molecule has 0 atom stereocenters. The molecular formula is C20H22N2O2. The number of aromatic amines is 1. The van der Waals surface area contributed by atoms with Crippen LogP contribution in [0.4, 0.5) is 0 Å². The van der Waals surface area contributed by atoms with E-state index in [0.29, 0.717) is 18.8 Å². The van der Waals surface area contributed by atoms with Crippen molar-refractivity contribution in [3.8, 4) is 5.75 Å². The third-order valence-electron chi connectivity index (χ3n) is 3.95. The maximum Gasteiger partial charge on any atom is 0.267 e. The molecule has 0 unspecified atom stereocenters. The van der Waals surface area contributed by atoms with Crippen LogP contribution in [0.3, 0.4) is 0 Å². The number of rotatable bonds is 6. The fourth-order valence-electron chi connectivity index (χ4n) is 2.80. The number of hydrogen-bond acceptors (Lipinski definition) is 2. The van der Waals surface area contributed by atoms with Crippen molar-refractivity contribution in [2.24, 2.45) is 0 Å². The minimum Gasteiger partial charge on any atom is -0.494 e. The SMILES string of the molecule is Cc1cc(C)c2cc(C(=O)NCCCOc3ccccc3)[nH]c2c1. The number of carbonyl (C=O) groups excluding carboxylic acids is 1. The van der Waals surface area contributed by atoms with E-state index >= 15 is 0 Å². The standard InChI is InChI=1S/C20H22N2O2/c1-14-11-15(2)17-13-19(22-18(17)12-14)20(23)21-9-6-10-24-16-7-4-3-5-8-16/h3-5,7-8,11-13,22H,6,9-10H2,1-2H3,(H,21,23). The van der Waals surface area contributed by atoms with Gasteiger partial charge in [0.2, 0.25) is 0 Å². The molecular weight excluding hydrogens is 300 g/mol. The Kier molecular flexibility index (Phi) is 4.85. The van der Waals surface area contributed by atoms with Gasteiger partial charge >= 0.3 is 0 Å². The summed E-state index contributed by atoms with van der Waals surface area (Å²) in [6.45, 7) is 5.28. The van der Waals surface area contributed by atoms with E-state index in [1.54, 1.807) is 0 Å². The van der Waals surface area contributed by atoms with Gasteiger partial charge in [0.15, 0.2) is 0 Å². The van der Waals surface area contributed by atoms with Gasteiger partial charge in [0, 0.05) is 17.4 Å². The molecule has 2 aromatic carbocycles. The maximum absolute atomic E-state index is 12.3. The first kappa shape index (κ1) is 16.1. The molecule has 24 heavy (non-hydrogen) atoms. The van der Waals surface area contributed by atoms with Crippen molar-refractivity contribution in [2.45, 2.75) is 20.3 Å². The molecule has 0 fully saturated rings. The van der Waals surface area contributed by atoms with E-state index < -0.39 is 0 Å². The Morgan fingerprint density at radius 3 is 2.71 bits per heavy atom. The highest BCUT2D eigenvalue weighted by molar-refractivity contribution is 5.98. The minimum atomic E-state index is -0.0806. The fourth-order valence-corrected chi connectivity index (χ4v) is 2.80. The number of fused-ring (bicyclic) bond motifs is 1. The van der Waals surface area contributed by atoms with E-state index in [-0.39, 0.29) is 5.91 Å². The predicted octanol–water partition coefficient (Wildman–Crippen LogP) is 3.98. The van der Waals surface area contributed by atoms with Crippen LogP contribution in [0, 0.1) is 13.8 Å². The van der Waals surface area contributed by atoms with Crippen LogP contribution in [0.15, 0.2) is 48.5 Å². The Morgan fingerprint density at radius 2 is 1.92 bits per heavy atom. The van der Waals surface area contributed by atoms with Gasteiger partial charge in [-0.25, -0.2) is 0 Å². The van der Waals surface area contributed by atoms with Crippen LogP contribution in [0.25, 0.3) is 10.9 Å². The monoisotopic (exact) mass is 322 g/mol. The lowest BCUT2D eigenvalue weighted by Gasteiger charge is -2.06. The van der Waals surface area contributed by atoms with Crippen LogP contribution in [-0.4, -0.2) is 24.0 Å². The molecule has 0 aliphatic rings. The van der Waals surface area contributed by atoms with Gasteiger partial charge in [-0.15, -0.1) is 0 Å². The van der Waals surface area contributed by atoms with Gasteiger partial charge in [-0.1, -0.05) is 24.3 Å². The Balaban J connectivity index is 1.51. The highest BCUT2D eigenvalue weighted by Gasteiger charge is 2.10. The lowest BCUT2D eigenvalue weighted by molar-refractivity contribution is 0.0947. The molecule has 0 saturated carbocycles. The molecule has 4 nitrogen and oxygen atoms in total. The topological polar surface area (TPSA) is 54.1 Å². The number of aryl methyl sites for hydroxylation is 2. The van der Waals surface area contributed by atoms with Crippen molar-refractivity contribution in [1.29, 1.82) is 0 Å². The van der Waals surface area contributed by atoms with E-state index in [4.69, 9.17) is 4.74 Å². The van der Waals surface area contributed by atoms with E-state index in [1.807, 2.05) is 36.4 Å². The lowest BCUT2D eigenvalue weighted by Crippen LogP contribution is -2.25. The number of hydrogen-bond donors (Lipinski definition) is 2. The summed E-state index contributed by atoms with van der Waals surface area (Å²) in [6.07, 6.45) is 0.763. The largest absolute Gasteiger partial charge is 0.494 e. The lowest BCUT2D eigenvalue weighted by atomic mass is 10.1. The Morgan fingerprint density at radius 1 is 1.12 bits per heavy atom. The molecule has 3 rings (SSSR count). The van der Waals surface area contributed by atoms with Crippen molar-refractivity contribution in [3.63, 3.8) is 0 Å². The third kappa shape index (κ3) is 3.77. The second kappa shape index (κ2) is 7.21. The second-order valence-corrected chi connectivity index (χ2v) is 6.00. The number of nitrogens with one attached hydrogen (secondary N) is 2. The first-order chi connectivity index (χ1) is 11.6. The summed E-state index contributed by atoms with van der Waals surface area (Å²) in [4.78, 5) is 15.5. The molecule has 2 N–H and O–H groups in total. The molecule has 0 aliphatic heterocycles. The number of para-hydroxylation sites is 1. The molecule has 0 saturated heterocycles. The summed E-state index contributed by atoms with van der Waals surface area (Å²) in [5.74, 6) is 0.772. The van der Waals surface area contributed by atoms with Crippen molar-refractivity contribution >= 4 is 16.8 Å². The van der Waals surface area contributed by atoms with Crippen LogP contribution >= 0.6 is 0 Å². The summed E-state index contributed by atoms with van der Waals surface area (Å²) in [5, 5.41) is 4.03. The van der Waals surface area contributed by atoms with E-state index in [0.717, 1.165) is 23.1 Å². The number of carbonyl (C=O) groups is 1. The summed E-state index contributed by atoms with van der Waals surface area (Å²) in [6, 6.07) is 15.8. The summed E-state index contributed by atoms with van der Waals surface area (Å²) >= 11 is 0. The zero-order valence-electron chi connectivity index (χ0n) is 14.1. The highest BCUT2D eigenvalue weighted by atomic mass is 16.5. The molecule has 0 bridgehead atoms. The summed E-state index contributed by atoms with van der Waals surface area (Å²) in [7, 11) is 0. The first-order valence-corrected chi connectivity index (χ1v) is 8.19. The Labute approximate surface area is 141 Å². The highest BCUT2D eigenvalue weighted by Crippen LogP contribution is 2.21. The zero-order chi connectivity index (χ0) is 16.9.